The Morgan fingerprint density at radius 3 is 2.77 bits per heavy atom. The van der Waals surface area contributed by atoms with Crippen LogP contribution in [0.15, 0.2) is 36.7 Å². The summed E-state index contributed by atoms with van der Waals surface area (Å²) in [7, 11) is 1.66. The van der Waals surface area contributed by atoms with Gasteiger partial charge in [0.25, 0.3) is 0 Å². The van der Waals surface area contributed by atoms with Gasteiger partial charge in [-0.1, -0.05) is 6.07 Å². The number of amides is 1. The van der Waals surface area contributed by atoms with Crippen molar-refractivity contribution in [1.29, 1.82) is 0 Å². The molecule has 1 atom stereocenters. The number of methoxy groups -OCH3 is 1. The van der Waals surface area contributed by atoms with Gasteiger partial charge in [-0.2, -0.15) is 0 Å². The molecular formula is C22H23FN4O4. The number of carbonyl (C=O) groups is 1. The van der Waals surface area contributed by atoms with E-state index in [9.17, 15) is 4.79 Å². The lowest BCUT2D eigenvalue weighted by molar-refractivity contribution is -0.177. The quantitative estimate of drug-likeness (QED) is 0.675. The summed E-state index contributed by atoms with van der Waals surface area (Å²) in [6.07, 6.45) is 4.02. The average molecular weight is 426 g/mol. The topological polar surface area (TPSA) is 87.5 Å². The van der Waals surface area contributed by atoms with Crippen molar-refractivity contribution < 1.29 is 23.4 Å². The van der Waals surface area contributed by atoms with Gasteiger partial charge in [0.05, 0.1) is 29.7 Å². The third-order valence-electron chi connectivity index (χ3n) is 5.94. The fourth-order valence-corrected chi connectivity index (χ4v) is 4.17. The highest BCUT2D eigenvalue weighted by molar-refractivity contribution is 5.98. The molecule has 0 bridgehead atoms. The van der Waals surface area contributed by atoms with Crippen LogP contribution in [0.3, 0.4) is 0 Å². The standard InChI is InChI=1S/C22H23FN4O4/c1-14(28)25-20-8-15-16(10-27(18(15)9-24-20)22(23)12-31-13-22)17-4-3-5-19(26-17)21(29-2)6-7-30-11-21/h3-5,8-10H,6-7,11-13H2,1-2H3,(H,24,25,28). The lowest BCUT2D eigenvalue weighted by Gasteiger charge is -2.35. The molecule has 0 spiro atoms. The van der Waals surface area contributed by atoms with Gasteiger partial charge in [0, 0.05) is 44.2 Å². The molecule has 9 heteroatoms. The molecule has 0 aliphatic carbocycles. The number of anilines is 1. The van der Waals surface area contributed by atoms with Gasteiger partial charge >= 0.3 is 0 Å². The van der Waals surface area contributed by atoms with Crippen LogP contribution in [-0.2, 0) is 30.4 Å². The Labute approximate surface area is 178 Å². The van der Waals surface area contributed by atoms with Gasteiger partial charge in [0.2, 0.25) is 11.7 Å². The number of nitrogens with zero attached hydrogens (tertiary/aromatic N) is 3. The first-order valence-electron chi connectivity index (χ1n) is 10.1. The molecule has 31 heavy (non-hydrogen) atoms. The zero-order valence-corrected chi connectivity index (χ0v) is 17.4. The van der Waals surface area contributed by atoms with E-state index in [1.807, 2.05) is 18.2 Å². The SMILES string of the molecule is COC1(c2cccc(-c3cn(C4(F)COC4)c4cnc(NC(C)=O)cc34)n2)CCOC1. The molecule has 162 valence electrons. The van der Waals surface area contributed by atoms with Gasteiger partial charge in [-0.25, -0.2) is 14.4 Å². The van der Waals surface area contributed by atoms with Crippen molar-refractivity contribution in [3.63, 3.8) is 0 Å². The Morgan fingerprint density at radius 1 is 1.29 bits per heavy atom. The number of rotatable bonds is 5. The van der Waals surface area contributed by atoms with E-state index >= 15 is 4.39 Å². The highest BCUT2D eigenvalue weighted by Gasteiger charge is 2.42. The summed E-state index contributed by atoms with van der Waals surface area (Å²) in [6, 6.07) is 7.45. The molecule has 1 amide bonds. The predicted octanol–water partition coefficient (Wildman–Crippen LogP) is 2.97. The summed E-state index contributed by atoms with van der Waals surface area (Å²) in [5.74, 6) is -1.48. The summed E-state index contributed by atoms with van der Waals surface area (Å²) in [4.78, 5) is 20.7. The molecule has 2 aliphatic rings. The van der Waals surface area contributed by atoms with Crippen molar-refractivity contribution in [3.05, 3.63) is 42.4 Å². The van der Waals surface area contributed by atoms with Gasteiger partial charge in [-0.05, 0) is 18.2 Å². The lowest BCUT2D eigenvalue weighted by Crippen LogP contribution is -2.47. The van der Waals surface area contributed by atoms with Gasteiger partial charge in [-0.15, -0.1) is 0 Å². The smallest absolute Gasteiger partial charge is 0.233 e. The summed E-state index contributed by atoms with van der Waals surface area (Å²) in [5, 5.41) is 3.43. The van der Waals surface area contributed by atoms with E-state index in [4.69, 9.17) is 19.2 Å². The van der Waals surface area contributed by atoms with E-state index in [-0.39, 0.29) is 19.1 Å². The Morgan fingerprint density at radius 2 is 2.13 bits per heavy atom. The predicted molar refractivity (Wildman–Crippen MR) is 111 cm³/mol. The molecule has 5 heterocycles. The Kier molecular flexibility index (Phi) is 4.76. The van der Waals surface area contributed by atoms with Crippen molar-refractivity contribution in [3.8, 4) is 11.3 Å². The average Bonchev–Trinajstić information content (AvgIpc) is 3.37. The Hall–Kier alpha value is -2.88. The van der Waals surface area contributed by atoms with E-state index < -0.39 is 11.4 Å². The molecular weight excluding hydrogens is 403 g/mol. The molecule has 1 N–H and O–H groups in total. The van der Waals surface area contributed by atoms with Crippen LogP contribution in [0, 0.1) is 0 Å². The van der Waals surface area contributed by atoms with Gasteiger partial charge in [0.15, 0.2) is 0 Å². The van der Waals surface area contributed by atoms with Crippen LogP contribution in [-0.4, -0.2) is 54.0 Å². The highest BCUT2D eigenvalue weighted by atomic mass is 19.1. The summed E-state index contributed by atoms with van der Waals surface area (Å²) < 4.78 is 33.4. The van der Waals surface area contributed by atoms with E-state index in [2.05, 4.69) is 10.3 Å². The number of pyridine rings is 2. The van der Waals surface area contributed by atoms with Crippen molar-refractivity contribution in [1.82, 2.24) is 14.5 Å². The summed E-state index contributed by atoms with van der Waals surface area (Å²) >= 11 is 0. The first kappa shape index (κ1) is 20.0. The second kappa shape index (κ2) is 7.37. The molecule has 2 fully saturated rings. The summed E-state index contributed by atoms with van der Waals surface area (Å²) in [6.45, 7) is 2.40. The molecule has 0 aromatic carbocycles. The minimum Gasteiger partial charge on any atom is -0.378 e. The monoisotopic (exact) mass is 426 g/mol. The van der Waals surface area contributed by atoms with E-state index in [1.54, 1.807) is 30.1 Å². The fraction of sp³-hybridized carbons (Fsp3) is 0.409. The van der Waals surface area contributed by atoms with E-state index in [0.29, 0.717) is 36.7 Å². The minimum absolute atomic E-state index is 0.0265. The summed E-state index contributed by atoms with van der Waals surface area (Å²) in [5.41, 5.74) is 2.19. The molecule has 8 nitrogen and oxygen atoms in total. The number of hydrogen-bond acceptors (Lipinski definition) is 6. The number of hydrogen-bond donors (Lipinski definition) is 1. The largest absolute Gasteiger partial charge is 0.378 e. The molecule has 0 radical (unpaired) electrons. The first-order valence-corrected chi connectivity index (χ1v) is 10.1. The van der Waals surface area contributed by atoms with Crippen molar-refractivity contribution in [2.24, 2.45) is 0 Å². The molecule has 5 rings (SSSR count). The third-order valence-corrected chi connectivity index (χ3v) is 5.94. The van der Waals surface area contributed by atoms with Crippen molar-refractivity contribution in [2.75, 3.05) is 38.9 Å². The van der Waals surface area contributed by atoms with Crippen LogP contribution in [0.1, 0.15) is 19.0 Å². The van der Waals surface area contributed by atoms with Gasteiger partial charge in [0.1, 0.15) is 24.6 Å². The van der Waals surface area contributed by atoms with Crippen LogP contribution in [0.25, 0.3) is 22.2 Å². The van der Waals surface area contributed by atoms with Crippen LogP contribution < -0.4 is 5.32 Å². The van der Waals surface area contributed by atoms with Crippen LogP contribution in [0.2, 0.25) is 0 Å². The zero-order valence-electron chi connectivity index (χ0n) is 17.4. The maximum atomic E-state index is 15.3. The number of aromatic nitrogens is 3. The maximum absolute atomic E-state index is 15.3. The van der Waals surface area contributed by atoms with Crippen LogP contribution >= 0.6 is 0 Å². The van der Waals surface area contributed by atoms with Crippen molar-refractivity contribution in [2.45, 2.75) is 24.7 Å². The molecule has 0 saturated carbocycles. The molecule has 1 unspecified atom stereocenters. The third kappa shape index (κ3) is 3.29. The number of fused-ring (bicyclic) bond motifs is 1. The van der Waals surface area contributed by atoms with Gasteiger partial charge < -0.3 is 24.1 Å². The van der Waals surface area contributed by atoms with E-state index in [1.165, 1.54) is 6.92 Å². The fourth-order valence-electron chi connectivity index (χ4n) is 4.17. The normalized spacial score (nSPS) is 22.4. The number of nitrogens with one attached hydrogen (secondary N) is 1. The highest BCUT2D eigenvalue weighted by Crippen LogP contribution is 2.39. The Bertz CT molecular complexity index is 1150. The number of halogens is 1. The minimum atomic E-state index is -1.64. The van der Waals surface area contributed by atoms with Crippen molar-refractivity contribution >= 4 is 22.6 Å². The molecule has 3 aromatic heterocycles. The molecule has 2 aliphatic heterocycles. The number of carbonyl (C=O) groups excluding carboxylic acids is 1. The lowest BCUT2D eigenvalue weighted by atomic mass is 9.97. The van der Waals surface area contributed by atoms with Gasteiger partial charge in [-0.3, -0.25) is 4.79 Å². The first-order chi connectivity index (χ1) is 14.9. The Balaban J connectivity index is 1.67. The number of ether oxygens (including phenoxy) is 3. The zero-order chi connectivity index (χ0) is 21.6. The van der Waals surface area contributed by atoms with Crippen LogP contribution in [0.4, 0.5) is 10.2 Å². The number of alkyl halides is 1. The second-order valence-electron chi connectivity index (χ2n) is 8.00. The van der Waals surface area contributed by atoms with E-state index in [0.717, 1.165) is 16.6 Å². The second-order valence-corrected chi connectivity index (χ2v) is 8.00. The molecule has 2 saturated heterocycles. The van der Waals surface area contributed by atoms with Crippen LogP contribution in [0.5, 0.6) is 0 Å². The molecule has 3 aromatic rings. The maximum Gasteiger partial charge on any atom is 0.233 e.